The van der Waals surface area contributed by atoms with Gasteiger partial charge in [0.2, 0.25) is 0 Å². The summed E-state index contributed by atoms with van der Waals surface area (Å²) in [5.41, 5.74) is 4.75. The van der Waals surface area contributed by atoms with Crippen molar-refractivity contribution >= 4 is 33.7 Å². The number of likely N-dealkylation sites (tertiary alicyclic amines) is 1. The molecule has 7 nitrogen and oxygen atoms in total. The van der Waals surface area contributed by atoms with E-state index in [1.54, 1.807) is 33.0 Å². The van der Waals surface area contributed by atoms with Gasteiger partial charge >= 0.3 is 6.09 Å². The molecule has 23 heavy (non-hydrogen) atoms. The molecule has 0 radical (unpaired) electrons. The second-order valence-corrected chi connectivity index (χ2v) is 7.22. The number of hydrazine groups is 1. The number of hydrogen-bond donors (Lipinski definition) is 2. The van der Waals surface area contributed by atoms with E-state index >= 15 is 0 Å². The van der Waals surface area contributed by atoms with Crippen LogP contribution in [0.15, 0.2) is 22.8 Å². The first-order valence-corrected chi connectivity index (χ1v) is 8.22. The lowest BCUT2D eigenvalue weighted by Crippen LogP contribution is -2.48. The Balaban J connectivity index is 1.92. The molecule has 0 spiro atoms. The maximum atomic E-state index is 12.3. The predicted molar refractivity (Wildman–Crippen MR) is 89.7 cm³/mol. The summed E-state index contributed by atoms with van der Waals surface area (Å²) in [6, 6.07) is 3.00. The Morgan fingerprint density at radius 2 is 2.13 bits per heavy atom. The number of amides is 2. The average molecular weight is 385 g/mol. The number of nitrogens with one attached hydrogen (secondary N) is 2. The second kappa shape index (κ2) is 7.16. The Morgan fingerprint density at radius 3 is 2.74 bits per heavy atom. The number of rotatable bonds is 3. The van der Waals surface area contributed by atoms with E-state index in [1.165, 1.54) is 4.90 Å². The van der Waals surface area contributed by atoms with Crippen molar-refractivity contribution in [2.75, 3.05) is 12.0 Å². The topological polar surface area (TPSA) is 83.6 Å². The van der Waals surface area contributed by atoms with Crippen LogP contribution in [0.5, 0.6) is 0 Å². The van der Waals surface area contributed by atoms with Crippen LogP contribution in [-0.2, 0) is 9.53 Å². The molecule has 0 aromatic carbocycles. The molecule has 1 fully saturated rings. The molecular formula is C15H21BrN4O3. The lowest BCUT2D eigenvalue weighted by Gasteiger charge is -2.28. The van der Waals surface area contributed by atoms with Gasteiger partial charge in [0.15, 0.2) is 0 Å². The first kappa shape index (κ1) is 17.5. The third-order valence-electron chi connectivity index (χ3n) is 3.22. The van der Waals surface area contributed by atoms with Crippen LogP contribution in [0, 0.1) is 0 Å². The van der Waals surface area contributed by atoms with Crippen molar-refractivity contribution in [1.29, 1.82) is 0 Å². The molecule has 1 atom stereocenters. The van der Waals surface area contributed by atoms with Crippen molar-refractivity contribution in [2.45, 2.75) is 45.3 Å². The number of carbonyl (C=O) groups is 2. The monoisotopic (exact) mass is 384 g/mol. The van der Waals surface area contributed by atoms with Crippen LogP contribution >= 0.6 is 15.9 Å². The number of anilines is 1. The number of hydrogen-bond acceptors (Lipinski definition) is 5. The standard InChI is InChI=1S/C15H21BrN4O3/c1-15(2,3)23-14(22)20-8-4-5-11(20)13(21)19-18-12-7-6-10(16)9-17-12/h6-7,9,11H,4-5,8H2,1-3H3,(H,17,18)(H,19,21). The molecule has 1 saturated heterocycles. The van der Waals surface area contributed by atoms with E-state index in [0.29, 0.717) is 18.8 Å². The van der Waals surface area contributed by atoms with Gasteiger partial charge in [-0.2, -0.15) is 0 Å². The first-order valence-electron chi connectivity index (χ1n) is 7.43. The fourth-order valence-corrected chi connectivity index (χ4v) is 2.47. The molecule has 2 N–H and O–H groups in total. The Hall–Kier alpha value is -1.83. The molecule has 1 aromatic heterocycles. The van der Waals surface area contributed by atoms with E-state index in [-0.39, 0.29) is 5.91 Å². The van der Waals surface area contributed by atoms with Gasteiger partial charge in [0.1, 0.15) is 17.5 Å². The minimum atomic E-state index is -0.583. The van der Waals surface area contributed by atoms with E-state index in [4.69, 9.17) is 4.74 Å². The second-order valence-electron chi connectivity index (χ2n) is 6.31. The Bertz CT molecular complexity index is 571. The van der Waals surface area contributed by atoms with Gasteiger partial charge in [0, 0.05) is 17.2 Å². The van der Waals surface area contributed by atoms with Crippen LogP contribution in [0.1, 0.15) is 33.6 Å². The predicted octanol–water partition coefficient (Wildman–Crippen LogP) is 2.69. The highest BCUT2D eigenvalue weighted by Crippen LogP contribution is 2.21. The lowest BCUT2D eigenvalue weighted by molar-refractivity contribution is -0.125. The normalized spacial score (nSPS) is 17.7. The minimum Gasteiger partial charge on any atom is -0.444 e. The third-order valence-corrected chi connectivity index (χ3v) is 3.69. The zero-order valence-electron chi connectivity index (χ0n) is 13.4. The highest BCUT2D eigenvalue weighted by molar-refractivity contribution is 9.10. The van der Waals surface area contributed by atoms with Crippen LogP contribution < -0.4 is 10.9 Å². The third kappa shape index (κ3) is 5.09. The maximum Gasteiger partial charge on any atom is 0.410 e. The Labute approximate surface area is 143 Å². The molecule has 1 aromatic rings. The largest absolute Gasteiger partial charge is 0.444 e. The van der Waals surface area contributed by atoms with E-state index in [1.807, 2.05) is 6.07 Å². The quantitative estimate of drug-likeness (QED) is 0.782. The minimum absolute atomic E-state index is 0.280. The van der Waals surface area contributed by atoms with Crippen LogP contribution in [0.2, 0.25) is 0 Å². The first-order chi connectivity index (χ1) is 10.8. The van der Waals surface area contributed by atoms with Crippen LogP contribution in [0.4, 0.5) is 10.6 Å². The molecule has 2 rings (SSSR count). The summed E-state index contributed by atoms with van der Waals surface area (Å²) in [6.07, 6.45) is 2.54. The van der Waals surface area contributed by atoms with Crippen molar-refractivity contribution in [3.05, 3.63) is 22.8 Å². The molecule has 0 aliphatic carbocycles. The smallest absolute Gasteiger partial charge is 0.410 e. The highest BCUT2D eigenvalue weighted by atomic mass is 79.9. The number of aromatic nitrogens is 1. The summed E-state index contributed by atoms with van der Waals surface area (Å²) in [6.45, 7) is 5.92. The molecule has 126 valence electrons. The summed E-state index contributed by atoms with van der Waals surface area (Å²) in [4.78, 5) is 30.1. The van der Waals surface area contributed by atoms with Crippen molar-refractivity contribution < 1.29 is 14.3 Å². The molecule has 2 heterocycles. The summed E-state index contributed by atoms with van der Waals surface area (Å²) >= 11 is 3.29. The van der Waals surface area contributed by atoms with Gasteiger partial charge in [0.25, 0.3) is 5.91 Å². The van der Waals surface area contributed by atoms with Gasteiger partial charge in [-0.25, -0.2) is 9.78 Å². The van der Waals surface area contributed by atoms with Crippen LogP contribution in [-0.4, -0.2) is 40.1 Å². The van der Waals surface area contributed by atoms with E-state index in [0.717, 1.165) is 10.9 Å². The van der Waals surface area contributed by atoms with Gasteiger partial charge in [0.05, 0.1) is 0 Å². The number of carbonyl (C=O) groups excluding carboxylic acids is 2. The van der Waals surface area contributed by atoms with Gasteiger partial charge in [-0.15, -0.1) is 0 Å². The number of halogens is 1. The molecular weight excluding hydrogens is 364 g/mol. The zero-order chi connectivity index (χ0) is 17.0. The SMILES string of the molecule is CC(C)(C)OC(=O)N1CCCC1C(=O)NNc1ccc(Br)cn1. The zero-order valence-corrected chi connectivity index (χ0v) is 15.0. The van der Waals surface area contributed by atoms with Crippen molar-refractivity contribution in [2.24, 2.45) is 0 Å². The number of pyridine rings is 1. The summed E-state index contributed by atoms with van der Waals surface area (Å²) in [7, 11) is 0. The summed E-state index contributed by atoms with van der Waals surface area (Å²) in [5, 5.41) is 0. The molecule has 1 aliphatic heterocycles. The maximum absolute atomic E-state index is 12.3. The molecule has 0 saturated carbocycles. The highest BCUT2D eigenvalue weighted by Gasteiger charge is 2.36. The Morgan fingerprint density at radius 1 is 1.39 bits per heavy atom. The van der Waals surface area contributed by atoms with E-state index in [2.05, 4.69) is 31.8 Å². The van der Waals surface area contributed by atoms with Crippen LogP contribution in [0.3, 0.4) is 0 Å². The molecule has 2 amide bonds. The van der Waals surface area contributed by atoms with Crippen molar-refractivity contribution in [3.63, 3.8) is 0 Å². The van der Waals surface area contributed by atoms with Gasteiger partial charge < -0.3 is 4.74 Å². The van der Waals surface area contributed by atoms with Gasteiger partial charge in [-0.05, 0) is 61.7 Å². The van der Waals surface area contributed by atoms with E-state index < -0.39 is 17.7 Å². The Kier molecular flexibility index (Phi) is 5.46. The summed E-state index contributed by atoms with van der Waals surface area (Å²) < 4.78 is 6.20. The fraction of sp³-hybridized carbons (Fsp3) is 0.533. The van der Waals surface area contributed by atoms with Gasteiger partial charge in [-0.3, -0.25) is 20.5 Å². The van der Waals surface area contributed by atoms with Crippen molar-refractivity contribution in [3.8, 4) is 0 Å². The van der Waals surface area contributed by atoms with Gasteiger partial charge in [-0.1, -0.05) is 0 Å². The molecule has 1 unspecified atom stereocenters. The molecule has 0 bridgehead atoms. The van der Waals surface area contributed by atoms with Crippen LogP contribution in [0.25, 0.3) is 0 Å². The molecule has 8 heteroatoms. The lowest BCUT2D eigenvalue weighted by atomic mass is 10.2. The average Bonchev–Trinajstić information content (AvgIpc) is 2.94. The fourth-order valence-electron chi connectivity index (χ4n) is 2.24. The summed E-state index contributed by atoms with van der Waals surface area (Å²) in [5.74, 6) is 0.237. The number of nitrogens with zero attached hydrogens (tertiary/aromatic N) is 2. The molecule has 1 aliphatic rings. The number of ether oxygens (including phenoxy) is 1. The van der Waals surface area contributed by atoms with E-state index in [9.17, 15) is 9.59 Å². The van der Waals surface area contributed by atoms with Crippen molar-refractivity contribution in [1.82, 2.24) is 15.3 Å².